The van der Waals surface area contributed by atoms with Crippen molar-refractivity contribution in [1.29, 1.82) is 0 Å². The molecule has 22 heavy (non-hydrogen) atoms. The van der Waals surface area contributed by atoms with Gasteiger partial charge in [0.2, 0.25) is 5.91 Å². The summed E-state index contributed by atoms with van der Waals surface area (Å²) < 4.78 is 38.7. The summed E-state index contributed by atoms with van der Waals surface area (Å²) in [6.07, 6.45) is -2.43. The van der Waals surface area contributed by atoms with Gasteiger partial charge in [0, 0.05) is 13.1 Å². The average molecular weight is 313 g/mol. The summed E-state index contributed by atoms with van der Waals surface area (Å²) in [5.74, 6) is -0.144. The molecule has 1 atom stereocenters. The number of alkyl halides is 3. The molecule has 1 aliphatic heterocycles. The molecule has 1 aliphatic carbocycles. The van der Waals surface area contributed by atoms with Crippen molar-refractivity contribution in [2.75, 3.05) is 13.1 Å². The van der Waals surface area contributed by atoms with Crippen molar-refractivity contribution in [3.8, 4) is 0 Å². The highest BCUT2D eigenvalue weighted by atomic mass is 19.4. The fraction of sp³-hybridized carbons (Fsp3) is 0.562. The molecule has 0 unspecified atom stereocenters. The van der Waals surface area contributed by atoms with Crippen LogP contribution in [0, 0.1) is 0 Å². The van der Waals surface area contributed by atoms with Gasteiger partial charge in [-0.25, -0.2) is 0 Å². The van der Waals surface area contributed by atoms with Crippen molar-refractivity contribution in [2.45, 2.75) is 43.4 Å². The molecule has 1 aromatic rings. The van der Waals surface area contributed by atoms with Gasteiger partial charge in [-0.2, -0.15) is 13.2 Å². The Morgan fingerprint density at radius 1 is 1.32 bits per heavy atom. The number of hydrogen-bond acceptors (Lipinski definition) is 2. The largest absolute Gasteiger partial charge is 0.416 e. The van der Waals surface area contributed by atoms with Gasteiger partial charge in [-0.1, -0.05) is 24.6 Å². The lowest BCUT2D eigenvalue weighted by Crippen LogP contribution is -2.50. The highest BCUT2D eigenvalue weighted by Crippen LogP contribution is 2.46. The van der Waals surface area contributed by atoms with Crippen LogP contribution < -0.4 is 0 Å². The first kappa shape index (κ1) is 15.3. The SMILES string of the molecule is O=C(N1CC[C@@H](O)C1)C1(c2cccc(C(F)(F)F)c2)CCC1. The molecule has 1 heterocycles. The molecule has 1 aromatic carbocycles. The van der Waals surface area contributed by atoms with Gasteiger partial charge in [0.25, 0.3) is 0 Å². The molecule has 6 heteroatoms. The minimum atomic E-state index is -4.41. The fourth-order valence-corrected chi connectivity index (χ4v) is 3.38. The van der Waals surface area contributed by atoms with Gasteiger partial charge < -0.3 is 10.0 Å². The van der Waals surface area contributed by atoms with E-state index in [0.717, 1.165) is 18.6 Å². The van der Waals surface area contributed by atoms with Crippen LogP contribution in [0.5, 0.6) is 0 Å². The van der Waals surface area contributed by atoms with Crippen LogP contribution in [0.4, 0.5) is 13.2 Å². The van der Waals surface area contributed by atoms with Gasteiger partial charge in [-0.15, -0.1) is 0 Å². The van der Waals surface area contributed by atoms with E-state index in [1.165, 1.54) is 6.07 Å². The Balaban J connectivity index is 1.92. The Morgan fingerprint density at radius 2 is 2.05 bits per heavy atom. The number of rotatable bonds is 2. The molecule has 3 nitrogen and oxygen atoms in total. The molecule has 0 radical (unpaired) electrons. The smallest absolute Gasteiger partial charge is 0.391 e. The van der Waals surface area contributed by atoms with Crippen LogP contribution in [-0.2, 0) is 16.4 Å². The van der Waals surface area contributed by atoms with Crippen molar-refractivity contribution < 1.29 is 23.1 Å². The number of amides is 1. The van der Waals surface area contributed by atoms with Crippen LogP contribution in [0.2, 0.25) is 0 Å². The van der Waals surface area contributed by atoms with E-state index in [0.29, 0.717) is 31.4 Å². The van der Waals surface area contributed by atoms with Crippen molar-refractivity contribution in [3.63, 3.8) is 0 Å². The number of β-amino-alcohol motifs (C(OH)–C–C–N with tert-alkyl or cyclic N) is 1. The number of benzene rings is 1. The van der Waals surface area contributed by atoms with E-state index in [2.05, 4.69) is 0 Å². The molecule has 0 aromatic heterocycles. The van der Waals surface area contributed by atoms with Crippen LogP contribution in [-0.4, -0.2) is 35.1 Å². The Hall–Kier alpha value is -1.56. The van der Waals surface area contributed by atoms with Crippen LogP contribution in [0.25, 0.3) is 0 Å². The number of aliphatic hydroxyl groups excluding tert-OH is 1. The van der Waals surface area contributed by atoms with Gasteiger partial charge in [0.05, 0.1) is 17.1 Å². The average Bonchev–Trinajstić information content (AvgIpc) is 2.83. The van der Waals surface area contributed by atoms with Crippen LogP contribution in [0.3, 0.4) is 0 Å². The second-order valence-corrected chi connectivity index (χ2v) is 6.21. The maximum Gasteiger partial charge on any atom is 0.416 e. The van der Waals surface area contributed by atoms with Crippen LogP contribution in [0.15, 0.2) is 24.3 Å². The number of likely N-dealkylation sites (tertiary alicyclic amines) is 1. The minimum absolute atomic E-state index is 0.144. The summed E-state index contributed by atoms with van der Waals surface area (Å²) in [5, 5.41) is 9.58. The summed E-state index contributed by atoms with van der Waals surface area (Å²) in [6, 6.07) is 5.10. The van der Waals surface area contributed by atoms with Gasteiger partial charge in [0.15, 0.2) is 0 Å². The molecular weight excluding hydrogens is 295 g/mol. The monoisotopic (exact) mass is 313 g/mol. The first-order valence-corrected chi connectivity index (χ1v) is 7.48. The lowest BCUT2D eigenvalue weighted by Gasteiger charge is -2.43. The molecule has 1 amide bonds. The summed E-state index contributed by atoms with van der Waals surface area (Å²) in [5.41, 5.74) is -1.11. The second-order valence-electron chi connectivity index (χ2n) is 6.21. The normalized spacial score (nSPS) is 24.2. The summed E-state index contributed by atoms with van der Waals surface area (Å²) in [4.78, 5) is 14.4. The van der Waals surface area contributed by atoms with Crippen LogP contribution >= 0.6 is 0 Å². The minimum Gasteiger partial charge on any atom is -0.391 e. The highest BCUT2D eigenvalue weighted by molar-refractivity contribution is 5.89. The zero-order valence-corrected chi connectivity index (χ0v) is 12.1. The zero-order valence-electron chi connectivity index (χ0n) is 12.1. The van der Waals surface area contributed by atoms with E-state index in [1.807, 2.05) is 0 Å². The van der Waals surface area contributed by atoms with E-state index >= 15 is 0 Å². The van der Waals surface area contributed by atoms with Crippen molar-refractivity contribution in [1.82, 2.24) is 4.90 Å². The molecule has 0 spiro atoms. The van der Waals surface area contributed by atoms with Gasteiger partial charge >= 0.3 is 6.18 Å². The summed E-state index contributed by atoms with van der Waals surface area (Å²) in [7, 11) is 0. The molecule has 2 fully saturated rings. The van der Waals surface area contributed by atoms with Gasteiger partial charge in [-0.05, 0) is 30.9 Å². The third-order valence-electron chi connectivity index (χ3n) is 4.81. The quantitative estimate of drug-likeness (QED) is 0.912. The fourth-order valence-electron chi connectivity index (χ4n) is 3.38. The molecule has 120 valence electrons. The van der Waals surface area contributed by atoms with Gasteiger partial charge in [-0.3, -0.25) is 4.79 Å². The van der Waals surface area contributed by atoms with Crippen molar-refractivity contribution in [2.24, 2.45) is 0 Å². The predicted molar refractivity (Wildman–Crippen MR) is 74.2 cm³/mol. The predicted octanol–water partition coefficient (Wildman–Crippen LogP) is 2.72. The van der Waals surface area contributed by atoms with E-state index in [-0.39, 0.29) is 12.5 Å². The molecule has 3 rings (SSSR count). The standard InChI is InChI=1S/C16H18F3NO2/c17-16(18,19)12-4-1-3-11(9-12)15(6-2-7-15)14(22)20-8-5-13(21)10-20/h1,3-4,9,13,21H,2,5-8,10H2/t13-/m1/s1. The Morgan fingerprint density at radius 3 is 2.55 bits per heavy atom. The first-order chi connectivity index (χ1) is 10.3. The topological polar surface area (TPSA) is 40.5 Å². The highest BCUT2D eigenvalue weighted by Gasteiger charge is 2.49. The van der Waals surface area contributed by atoms with Crippen molar-refractivity contribution >= 4 is 5.91 Å². The third kappa shape index (κ3) is 2.49. The second kappa shape index (κ2) is 5.26. The summed E-state index contributed by atoms with van der Waals surface area (Å²) >= 11 is 0. The Labute approximate surface area is 126 Å². The molecule has 1 saturated heterocycles. The lowest BCUT2D eigenvalue weighted by molar-refractivity contribution is -0.141. The number of hydrogen-bond donors (Lipinski definition) is 1. The molecule has 1 saturated carbocycles. The maximum absolute atomic E-state index is 12.9. The molecular formula is C16H18F3NO2. The zero-order chi connectivity index (χ0) is 16.0. The number of carbonyl (C=O) groups excluding carboxylic acids is 1. The van der Waals surface area contributed by atoms with Crippen LogP contribution in [0.1, 0.15) is 36.8 Å². The Kier molecular flexibility index (Phi) is 3.67. The maximum atomic E-state index is 12.9. The third-order valence-corrected chi connectivity index (χ3v) is 4.81. The summed E-state index contributed by atoms with van der Waals surface area (Å²) in [6.45, 7) is 0.750. The number of aliphatic hydroxyl groups is 1. The number of nitrogens with zero attached hydrogens (tertiary/aromatic N) is 1. The van der Waals surface area contributed by atoms with E-state index < -0.39 is 23.3 Å². The lowest BCUT2D eigenvalue weighted by atomic mass is 9.63. The number of halogens is 3. The molecule has 1 N–H and O–H groups in total. The molecule has 2 aliphatic rings. The molecule has 0 bridgehead atoms. The number of carbonyl (C=O) groups is 1. The van der Waals surface area contributed by atoms with E-state index in [4.69, 9.17) is 0 Å². The van der Waals surface area contributed by atoms with E-state index in [1.54, 1.807) is 11.0 Å². The Bertz CT molecular complexity index is 581. The van der Waals surface area contributed by atoms with Gasteiger partial charge in [0.1, 0.15) is 0 Å². The van der Waals surface area contributed by atoms with Crippen molar-refractivity contribution in [3.05, 3.63) is 35.4 Å². The first-order valence-electron chi connectivity index (χ1n) is 7.48. The van der Waals surface area contributed by atoms with E-state index in [9.17, 15) is 23.1 Å².